The second-order valence-electron chi connectivity index (χ2n) is 8.55. The summed E-state index contributed by atoms with van der Waals surface area (Å²) in [5.41, 5.74) is 2.55. The highest BCUT2D eigenvalue weighted by Crippen LogP contribution is 2.26. The Morgan fingerprint density at radius 1 is 1.00 bits per heavy atom. The molecule has 3 rings (SSSR count). The van der Waals surface area contributed by atoms with Crippen LogP contribution in [0.3, 0.4) is 0 Å². The van der Waals surface area contributed by atoms with Gasteiger partial charge in [0.2, 0.25) is 11.8 Å². The normalized spacial score (nSPS) is 11.2. The Hall–Kier alpha value is -3.41. The molecule has 0 radical (unpaired) electrons. The van der Waals surface area contributed by atoms with E-state index in [2.05, 4.69) is 26.1 Å². The van der Waals surface area contributed by atoms with Crippen molar-refractivity contribution in [1.29, 1.82) is 0 Å². The highest BCUT2D eigenvalue weighted by atomic mass is 16.2. The second kappa shape index (κ2) is 9.60. The molecular formula is C25H30N4O2. The zero-order chi connectivity index (χ0) is 22.4. The zero-order valence-electron chi connectivity index (χ0n) is 18.6. The van der Waals surface area contributed by atoms with Gasteiger partial charge in [-0.05, 0) is 17.7 Å². The largest absolute Gasteiger partial charge is 0.329 e. The lowest BCUT2D eigenvalue weighted by atomic mass is 9.92. The smallest absolute Gasteiger partial charge is 0.245 e. The summed E-state index contributed by atoms with van der Waals surface area (Å²) in [5.74, 6) is 0.269. The highest BCUT2D eigenvalue weighted by molar-refractivity contribution is 5.94. The maximum atomic E-state index is 12.9. The summed E-state index contributed by atoms with van der Waals surface area (Å²) >= 11 is 0. The minimum absolute atomic E-state index is 0.0214. The molecule has 0 aliphatic carbocycles. The van der Waals surface area contributed by atoms with E-state index in [0.717, 1.165) is 16.9 Å². The van der Waals surface area contributed by atoms with Crippen LogP contribution < -0.4 is 5.32 Å². The van der Waals surface area contributed by atoms with E-state index >= 15 is 0 Å². The molecule has 2 aromatic carbocycles. The lowest BCUT2D eigenvalue weighted by Crippen LogP contribution is -2.37. The number of nitrogens with one attached hydrogen (secondary N) is 1. The van der Waals surface area contributed by atoms with Gasteiger partial charge in [0.25, 0.3) is 0 Å². The first-order valence-electron chi connectivity index (χ1n) is 10.6. The van der Waals surface area contributed by atoms with E-state index in [4.69, 9.17) is 5.10 Å². The number of anilines is 1. The average molecular weight is 419 g/mol. The van der Waals surface area contributed by atoms with Crippen LogP contribution in [0.2, 0.25) is 0 Å². The first-order valence-corrected chi connectivity index (χ1v) is 10.6. The molecule has 0 unspecified atom stereocenters. The molecule has 0 saturated heterocycles. The third-order valence-corrected chi connectivity index (χ3v) is 4.95. The summed E-state index contributed by atoms with van der Waals surface area (Å²) in [6.07, 6.45) is 0.343. The maximum Gasteiger partial charge on any atom is 0.245 e. The van der Waals surface area contributed by atoms with Crippen LogP contribution in [0.15, 0.2) is 66.7 Å². The number of carbonyl (C=O) groups excluding carboxylic acids is 2. The standard InChI is InChI=1S/C25H30N4O2/c1-5-24(31)28(17-19-12-8-6-9-13-19)18-23(30)26-22-16-21(25(2,3)4)27-29(22)20-14-10-7-11-15-20/h6-16H,5,17-18H2,1-4H3,(H,26,30). The molecule has 3 aromatic rings. The van der Waals surface area contributed by atoms with E-state index in [1.54, 1.807) is 16.5 Å². The number of benzene rings is 2. The van der Waals surface area contributed by atoms with Crippen LogP contribution >= 0.6 is 0 Å². The molecule has 0 saturated carbocycles. The molecule has 0 aliphatic rings. The molecule has 1 aromatic heterocycles. The molecule has 162 valence electrons. The molecule has 6 nitrogen and oxygen atoms in total. The molecule has 0 aliphatic heterocycles. The van der Waals surface area contributed by atoms with Crippen molar-refractivity contribution in [3.05, 3.63) is 78.0 Å². The first kappa shape index (κ1) is 22.3. The van der Waals surface area contributed by atoms with Gasteiger partial charge in [-0.3, -0.25) is 9.59 Å². The van der Waals surface area contributed by atoms with Crippen LogP contribution in [0.5, 0.6) is 0 Å². The molecule has 6 heteroatoms. The van der Waals surface area contributed by atoms with Gasteiger partial charge < -0.3 is 10.2 Å². The SMILES string of the molecule is CCC(=O)N(CC(=O)Nc1cc(C(C)(C)C)nn1-c1ccccc1)Cc1ccccc1. The number of amides is 2. The van der Waals surface area contributed by atoms with E-state index in [9.17, 15) is 9.59 Å². The number of aromatic nitrogens is 2. The second-order valence-corrected chi connectivity index (χ2v) is 8.55. The van der Waals surface area contributed by atoms with Crippen molar-refractivity contribution in [2.45, 2.75) is 46.1 Å². The zero-order valence-corrected chi connectivity index (χ0v) is 18.6. The Bertz CT molecular complexity index is 1020. The fourth-order valence-electron chi connectivity index (χ4n) is 3.22. The minimum Gasteiger partial charge on any atom is -0.329 e. The van der Waals surface area contributed by atoms with Crippen molar-refractivity contribution >= 4 is 17.6 Å². The number of para-hydroxylation sites is 1. The summed E-state index contributed by atoms with van der Waals surface area (Å²) in [6.45, 7) is 8.42. The van der Waals surface area contributed by atoms with Crippen LogP contribution in [0.4, 0.5) is 5.82 Å². The Morgan fingerprint density at radius 2 is 1.61 bits per heavy atom. The topological polar surface area (TPSA) is 67.2 Å². The number of hydrogen-bond acceptors (Lipinski definition) is 3. The average Bonchev–Trinajstić information content (AvgIpc) is 3.18. The summed E-state index contributed by atoms with van der Waals surface area (Å²) in [7, 11) is 0. The molecule has 0 fully saturated rings. The van der Waals surface area contributed by atoms with E-state index in [0.29, 0.717) is 18.8 Å². The van der Waals surface area contributed by atoms with Crippen molar-refractivity contribution < 1.29 is 9.59 Å². The molecular weight excluding hydrogens is 388 g/mol. The fourth-order valence-corrected chi connectivity index (χ4v) is 3.22. The number of hydrogen-bond donors (Lipinski definition) is 1. The summed E-state index contributed by atoms with van der Waals surface area (Å²) in [5, 5.41) is 7.69. The molecule has 0 bridgehead atoms. The predicted molar refractivity (Wildman–Crippen MR) is 123 cm³/mol. The van der Waals surface area contributed by atoms with Gasteiger partial charge in [0.1, 0.15) is 12.4 Å². The highest BCUT2D eigenvalue weighted by Gasteiger charge is 2.23. The Kier molecular flexibility index (Phi) is 6.90. The Labute approximate surface area is 183 Å². The number of nitrogens with zero attached hydrogens (tertiary/aromatic N) is 3. The van der Waals surface area contributed by atoms with Crippen LogP contribution in [0.1, 0.15) is 45.4 Å². The van der Waals surface area contributed by atoms with Gasteiger partial charge in [-0.1, -0.05) is 76.2 Å². The molecule has 0 spiro atoms. The van der Waals surface area contributed by atoms with Crippen LogP contribution in [0.25, 0.3) is 5.69 Å². The van der Waals surface area contributed by atoms with Crippen LogP contribution in [-0.4, -0.2) is 33.0 Å². The quantitative estimate of drug-likeness (QED) is 0.612. The Balaban J connectivity index is 1.82. The lowest BCUT2D eigenvalue weighted by molar-refractivity contribution is -0.135. The lowest BCUT2D eigenvalue weighted by Gasteiger charge is -2.22. The van der Waals surface area contributed by atoms with E-state index in [-0.39, 0.29) is 23.8 Å². The van der Waals surface area contributed by atoms with Crippen molar-refractivity contribution in [1.82, 2.24) is 14.7 Å². The van der Waals surface area contributed by atoms with Crippen molar-refractivity contribution in [2.75, 3.05) is 11.9 Å². The molecule has 1 heterocycles. The van der Waals surface area contributed by atoms with Gasteiger partial charge in [-0.15, -0.1) is 0 Å². The van der Waals surface area contributed by atoms with Gasteiger partial charge in [0.15, 0.2) is 0 Å². The van der Waals surface area contributed by atoms with Gasteiger partial charge >= 0.3 is 0 Å². The van der Waals surface area contributed by atoms with Crippen LogP contribution in [-0.2, 0) is 21.5 Å². The summed E-state index contributed by atoms with van der Waals surface area (Å²) in [6, 6.07) is 21.3. The monoisotopic (exact) mass is 418 g/mol. The minimum atomic E-state index is -0.254. The Morgan fingerprint density at radius 3 is 2.19 bits per heavy atom. The fraction of sp³-hybridized carbons (Fsp3) is 0.320. The van der Waals surface area contributed by atoms with Gasteiger partial charge in [0.05, 0.1) is 11.4 Å². The van der Waals surface area contributed by atoms with Crippen molar-refractivity contribution in [3.8, 4) is 5.69 Å². The van der Waals surface area contributed by atoms with Gasteiger partial charge in [-0.2, -0.15) is 5.10 Å². The van der Waals surface area contributed by atoms with Crippen molar-refractivity contribution in [2.24, 2.45) is 0 Å². The van der Waals surface area contributed by atoms with Crippen LogP contribution in [0, 0.1) is 0 Å². The predicted octanol–water partition coefficient (Wildman–Crippen LogP) is 4.55. The summed E-state index contributed by atoms with van der Waals surface area (Å²) in [4.78, 5) is 27.0. The third-order valence-electron chi connectivity index (χ3n) is 4.95. The molecule has 31 heavy (non-hydrogen) atoms. The van der Waals surface area contributed by atoms with E-state index in [1.165, 1.54) is 0 Å². The molecule has 1 N–H and O–H groups in total. The van der Waals surface area contributed by atoms with E-state index < -0.39 is 0 Å². The van der Waals surface area contributed by atoms with Gasteiger partial charge in [0, 0.05) is 24.4 Å². The molecule has 0 atom stereocenters. The van der Waals surface area contributed by atoms with Crippen molar-refractivity contribution in [3.63, 3.8) is 0 Å². The third kappa shape index (κ3) is 5.81. The van der Waals surface area contributed by atoms with E-state index in [1.807, 2.05) is 66.7 Å². The first-order chi connectivity index (χ1) is 14.8. The summed E-state index contributed by atoms with van der Waals surface area (Å²) < 4.78 is 1.74. The number of carbonyl (C=O) groups is 2. The number of rotatable bonds is 7. The van der Waals surface area contributed by atoms with Gasteiger partial charge in [-0.25, -0.2) is 4.68 Å². The maximum absolute atomic E-state index is 12.9. The molecule has 2 amide bonds.